The Kier molecular flexibility index (Phi) is 2.16. The lowest BCUT2D eigenvalue weighted by molar-refractivity contribution is -0.0963. The molecule has 0 aliphatic carbocycles. The summed E-state index contributed by atoms with van der Waals surface area (Å²) in [5.74, 6) is 0. The maximum atomic E-state index is 11.9. The second-order valence-corrected chi connectivity index (χ2v) is 2.06. The standard InChI is InChI=1S/C6H7F3N2/c7-6(8,9)5-1-2-10-3-4-11-5/h1-2,11H,3-4H2. The number of alkyl halides is 3. The molecule has 0 radical (unpaired) electrons. The quantitative estimate of drug-likeness (QED) is 0.569. The summed E-state index contributed by atoms with van der Waals surface area (Å²) in [6, 6.07) is 0. The maximum absolute atomic E-state index is 11.9. The van der Waals surface area contributed by atoms with Crippen molar-refractivity contribution in [2.75, 3.05) is 13.1 Å². The van der Waals surface area contributed by atoms with Crippen molar-refractivity contribution >= 4 is 6.21 Å². The fourth-order valence-corrected chi connectivity index (χ4v) is 0.711. The minimum Gasteiger partial charge on any atom is -0.379 e. The third-order valence-electron chi connectivity index (χ3n) is 1.21. The van der Waals surface area contributed by atoms with Crippen molar-refractivity contribution in [1.29, 1.82) is 0 Å². The maximum Gasteiger partial charge on any atom is 0.430 e. The van der Waals surface area contributed by atoms with Crippen molar-refractivity contribution in [2.45, 2.75) is 6.18 Å². The molecule has 62 valence electrons. The number of aliphatic imine (C=N–C) groups is 1. The summed E-state index contributed by atoms with van der Waals surface area (Å²) < 4.78 is 35.8. The monoisotopic (exact) mass is 164 g/mol. The van der Waals surface area contributed by atoms with Gasteiger partial charge < -0.3 is 5.32 Å². The Bertz CT molecular complexity index is 192. The molecule has 1 N–H and O–H groups in total. The first-order valence-electron chi connectivity index (χ1n) is 3.12. The number of nitrogens with zero attached hydrogens (tertiary/aromatic N) is 1. The van der Waals surface area contributed by atoms with Crippen LogP contribution in [-0.2, 0) is 0 Å². The Hall–Kier alpha value is -1.00. The third kappa shape index (κ3) is 2.25. The summed E-state index contributed by atoms with van der Waals surface area (Å²) in [6.45, 7) is 0.623. The first-order chi connectivity index (χ1) is 5.11. The minimum atomic E-state index is -4.28. The van der Waals surface area contributed by atoms with Gasteiger partial charge in [-0.1, -0.05) is 0 Å². The Morgan fingerprint density at radius 1 is 1.45 bits per heavy atom. The first-order valence-corrected chi connectivity index (χ1v) is 3.12. The van der Waals surface area contributed by atoms with Crippen LogP contribution in [0.15, 0.2) is 16.8 Å². The molecule has 0 unspecified atom stereocenters. The fourth-order valence-electron chi connectivity index (χ4n) is 0.711. The third-order valence-corrected chi connectivity index (χ3v) is 1.21. The summed E-state index contributed by atoms with van der Waals surface area (Å²) in [6.07, 6.45) is -2.17. The van der Waals surface area contributed by atoms with Crippen LogP contribution in [0.4, 0.5) is 13.2 Å². The van der Waals surface area contributed by atoms with E-state index in [1.165, 1.54) is 6.21 Å². The van der Waals surface area contributed by atoms with Crippen molar-refractivity contribution in [3.8, 4) is 0 Å². The Morgan fingerprint density at radius 2 is 2.18 bits per heavy atom. The number of nitrogens with one attached hydrogen (secondary N) is 1. The second-order valence-electron chi connectivity index (χ2n) is 2.06. The van der Waals surface area contributed by atoms with E-state index in [0.717, 1.165) is 6.08 Å². The predicted molar refractivity (Wildman–Crippen MR) is 35.5 cm³/mol. The van der Waals surface area contributed by atoms with Crippen LogP contribution in [0.1, 0.15) is 0 Å². The Balaban J connectivity index is 2.71. The first kappa shape index (κ1) is 8.10. The molecular weight excluding hydrogens is 157 g/mol. The highest BCUT2D eigenvalue weighted by atomic mass is 19.4. The molecule has 1 rings (SSSR count). The lowest BCUT2D eigenvalue weighted by atomic mass is 10.4. The highest BCUT2D eigenvalue weighted by Gasteiger charge is 2.33. The lowest BCUT2D eigenvalue weighted by Gasteiger charge is -2.10. The van der Waals surface area contributed by atoms with Crippen molar-refractivity contribution in [1.82, 2.24) is 5.32 Å². The zero-order valence-electron chi connectivity index (χ0n) is 5.65. The van der Waals surface area contributed by atoms with Gasteiger partial charge in [-0.2, -0.15) is 13.2 Å². The van der Waals surface area contributed by atoms with Crippen LogP contribution in [-0.4, -0.2) is 25.5 Å². The molecule has 0 aromatic rings. The molecule has 1 heterocycles. The molecular formula is C6H7F3N2. The molecule has 5 heteroatoms. The molecule has 0 spiro atoms. The predicted octanol–water partition coefficient (Wildman–Crippen LogP) is 1.11. The van der Waals surface area contributed by atoms with Crippen molar-refractivity contribution in [3.05, 3.63) is 11.8 Å². The summed E-state index contributed by atoms with van der Waals surface area (Å²) in [7, 11) is 0. The van der Waals surface area contributed by atoms with E-state index < -0.39 is 11.9 Å². The van der Waals surface area contributed by atoms with E-state index in [0.29, 0.717) is 6.54 Å². The van der Waals surface area contributed by atoms with Gasteiger partial charge in [0.25, 0.3) is 0 Å². The molecule has 11 heavy (non-hydrogen) atoms. The van der Waals surface area contributed by atoms with Gasteiger partial charge in [-0.15, -0.1) is 0 Å². The Morgan fingerprint density at radius 3 is 2.82 bits per heavy atom. The number of rotatable bonds is 0. The molecule has 2 nitrogen and oxygen atoms in total. The zero-order valence-corrected chi connectivity index (χ0v) is 5.65. The van der Waals surface area contributed by atoms with Gasteiger partial charge in [0.1, 0.15) is 5.70 Å². The highest BCUT2D eigenvalue weighted by Crippen LogP contribution is 2.22. The summed E-state index contributed by atoms with van der Waals surface area (Å²) in [5.41, 5.74) is -0.723. The van der Waals surface area contributed by atoms with E-state index in [9.17, 15) is 13.2 Å². The van der Waals surface area contributed by atoms with Crippen LogP contribution in [0, 0.1) is 0 Å². The number of hydrogen-bond donors (Lipinski definition) is 1. The molecule has 0 aromatic carbocycles. The molecule has 1 aliphatic rings. The van der Waals surface area contributed by atoms with Gasteiger partial charge in [-0.3, -0.25) is 4.99 Å². The molecule has 0 atom stereocenters. The number of hydrogen-bond acceptors (Lipinski definition) is 2. The smallest absolute Gasteiger partial charge is 0.379 e. The van der Waals surface area contributed by atoms with E-state index >= 15 is 0 Å². The van der Waals surface area contributed by atoms with Gasteiger partial charge in [0.15, 0.2) is 0 Å². The minimum absolute atomic E-state index is 0.238. The molecule has 1 aliphatic heterocycles. The lowest BCUT2D eigenvalue weighted by Crippen LogP contribution is -2.27. The molecule has 0 bridgehead atoms. The van der Waals surface area contributed by atoms with Gasteiger partial charge in [-0.25, -0.2) is 0 Å². The fraction of sp³-hybridized carbons (Fsp3) is 0.500. The van der Waals surface area contributed by atoms with Crippen LogP contribution >= 0.6 is 0 Å². The normalized spacial score (nSPS) is 18.6. The van der Waals surface area contributed by atoms with E-state index in [4.69, 9.17) is 0 Å². The topological polar surface area (TPSA) is 24.4 Å². The van der Waals surface area contributed by atoms with Crippen molar-refractivity contribution < 1.29 is 13.2 Å². The highest BCUT2D eigenvalue weighted by molar-refractivity contribution is 5.72. The van der Waals surface area contributed by atoms with Crippen LogP contribution < -0.4 is 5.32 Å². The number of halogens is 3. The molecule has 0 saturated heterocycles. The average Bonchev–Trinajstić information content (AvgIpc) is 2.10. The molecule has 0 amide bonds. The summed E-state index contributed by atoms with van der Waals surface area (Å²) in [5, 5.41) is 2.23. The van der Waals surface area contributed by atoms with E-state index in [1.807, 2.05) is 0 Å². The zero-order chi connectivity index (χ0) is 8.32. The van der Waals surface area contributed by atoms with Gasteiger partial charge in [0.05, 0.1) is 6.54 Å². The van der Waals surface area contributed by atoms with Gasteiger partial charge in [0, 0.05) is 12.8 Å². The van der Waals surface area contributed by atoms with Crippen LogP contribution in [0.25, 0.3) is 0 Å². The SMILES string of the molecule is FC(F)(F)C1=CC=NCCN1. The molecule has 0 fully saturated rings. The van der Waals surface area contributed by atoms with Crippen molar-refractivity contribution in [2.24, 2.45) is 4.99 Å². The Labute approximate surface area is 61.8 Å². The average molecular weight is 164 g/mol. The van der Waals surface area contributed by atoms with Crippen LogP contribution in [0.2, 0.25) is 0 Å². The van der Waals surface area contributed by atoms with Crippen molar-refractivity contribution in [3.63, 3.8) is 0 Å². The number of allylic oxidation sites excluding steroid dienone is 2. The summed E-state index contributed by atoms with van der Waals surface area (Å²) >= 11 is 0. The van der Waals surface area contributed by atoms with Crippen LogP contribution in [0.5, 0.6) is 0 Å². The van der Waals surface area contributed by atoms with Gasteiger partial charge in [-0.05, 0) is 6.08 Å². The molecule has 0 aromatic heterocycles. The van der Waals surface area contributed by atoms with Crippen LogP contribution in [0.3, 0.4) is 0 Å². The van der Waals surface area contributed by atoms with E-state index in [2.05, 4.69) is 10.3 Å². The van der Waals surface area contributed by atoms with E-state index in [-0.39, 0.29) is 6.54 Å². The molecule has 0 saturated carbocycles. The van der Waals surface area contributed by atoms with E-state index in [1.54, 1.807) is 0 Å². The van der Waals surface area contributed by atoms with Gasteiger partial charge in [0.2, 0.25) is 0 Å². The second kappa shape index (κ2) is 2.94. The largest absolute Gasteiger partial charge is 0.430 e. The summed E-state index contributed by atoms with van der Waals surface area (Å²) in [4.78, 5) is 3.67. The van der Waals surface area contributed by atoms with Gasteiger partial charge >= 0.3 is 6.18 Å².